The lowest BCUT2D eigenvalue weighted by atomic mass is 10.1. The minimum Gasteiger partial charge on any atom is -0.494 e. The van der Waals surface area contributed by atoms with Crippen molar-refractivity contribution in [2.45, 2.75) is 25.7 Å². The van der Waals surface area contributed by atoms with E-state index in [9.17, 15) is 15.0 Å². The van der Waals surface area contributed by atoms with E-state index in [0.29, 0.717) is 23.7 Å². The summed E-state index contributed by atoms with van der Waals surface area (Å²) in [6.07, 6.45) is 3.23. The molecule has 0 saturated carbocycles. The van der Waals surface area contributed by atoms with Gasteiger partial charge in [0.15, 0.2) is 0 Å². The van der Waals surface area contributed by atoms with Crippen LogP contribution in [-0.4, -0.2) is 33.4 Å². The number of aliphatic hydroxyl groups is 1. The van der Waals surface area contributed by atoms with E-state index in [1.54, 1.807) is 0 Å². The second kappa shape index (κ2) is 8.83. The Morgan fingerprint density at radius 1 is 1.19 bits per heavy atom. The number of ether oxygens (including phenoxy) is 1. The fraction of sp³-hybridized carbons (Fsp3) is 0.300. The largest absolute Gasteiger partial charge is 0.494 e. The summed E-state index contributed by atoms with van der Waals surface area (Å²) in [5.74, 6) is 0.427. The number of aromatic nitrogens is 2. The number of H-pyrrole nitrogens is 1. The van der Waals surface area contributed by atoms with Gasteiger partial charge in [0.2, 0.25) is 5.88 Å². The first kappa shape index (κ1) is 19.1. The number of benzene rings is 1. The molecule has 3 aromatic rings. The number of nitrogens with one attached hydrogen (secondary N) is 1. The second-order valence-electron chi connectivity index (χ2n) is 6.24. The molecule has 0 saturated heterocycles. The lowest BCUT2D eigenvalue weighted by molar-refractivity contribution is 0.203. The van der Waals surface area contributed by atoms with E-state index in [2.05, 4.69) is 16.9 Å². The predicted octanol–water partition coefficient (Wildman–Crippen LogP) is 2.85. The lowest BCUT2D eigenvalue weighted by Gasteiger charge is -2.15. The van der Waals surface area contributed by atoms with Gasteiger partial charge in [-0.25, -0.2) is 0 Å². The van der Waals surface area contributed by atoms with Gasteiger partial charge in [0.05, 0.1) is 24.0 Å². The molecule has 7 heteroatoms. The highest BCUT2D eigenvalue weighted by Crippen LogP contribution is 2.22. The molecule has 6 nitrogen and oxygen atoms in total. The Labute approximate surface area is 161 Å². The first-order valence-corrected chi connectivity index (χ1v) is 9.59. The first-order valence-electron chi connectivity index (χ1n) is 8.77. The molecule has 1 aromatic carbocycles. The zero-order chi connectivity index (χ0) is 19.2. The third kappa shape index (κ3) is 4.96. The number of hydrogen-bond donors (Lipinski definition) is 3. The second-order valence-corrected chi connectivity index (χ2v) is 7.31. The fourth-order valence-corrected chi connectivity index (χ4v) is 3.43. The van der Waals surface area contributed by atoms with Crippen molar-refractivity contribution in [3.05, 3.63) is 74.0 Å². The summed E-state index contributed by atoms with van der Waals surface area (Å²) >= 11 is 1.00. The average Bonchev–Trinajstić information content (AvgIpc) is 3.01. The summed E-state index contributed by atoms with van der Waals surface area (Å²) < 4.78 is 5.80. The molecule has 142 valence electrons. The van der Waals surface area contributed by atoms with E-state index in [1.807, 2.05) is 42.6 Å². The monoisotopic (exact) mass is 386 g/mol. The third-order valence-electron chi connectivity index (χ3n) is 4.33. The molecule has 27 heavy (non-hydrogen) atoms. The van der Waals surface area contributed by atoms with Crippen molar-refractivity contribution in [2.24, 2.45) is 0 Å². The summed E-state index contributed by atoms with van der Waals surface area (Å²) in [5, 5.41) is 19.3. The molecular weight excluding hydrogens is 364 g/mol. The molecule has 2 heterocycles. The van der Waals surface area contributed by atoms with Gasteiger partial charge in [-0.2, -0.15) is 0 Å². The maximum Gasteiger partial charge on any atom is 0.307 e. The van der Waals surface area contributed by atoms with Gasteiger partial charge in [-0.1, -0.05) is 36.5 Å². The van der Waals surface area contributed by atoms with Gasteiger partial charge < -0.3 is 14.9 Å². The molecule has 0 aliphatic rings. The van der Waals surface area contributed by atoms with Gasteiger partial charge in [-0.3, -0.25) is 14.8 Å². The number of nitrogens with zero attached hydrogens (tertiary/aromatic N) is 1. The van der Waals surface area contributed by atoms with Crippen molar-refractivity contribution in [3.63, 3.8) is 0 Å². The molecule has 2 aromatic heterocycles. The molecule has 3 N–H and O–H groups in total. The van der Waals surface area contributed by atoms with Crippen molar-refractivity contribution in [3.8, 4) is 11.6 Å². The number of aryl methyl sites for hydroxylation is 1. The number of aliphatic hydroxyl groups excluding tert-OH is 1. The van der Waals surface area contributed by atoms with Crippen molar-refractivity contribution in [1.29, 1.82) is 0 Å². The van der Waals surface area contributed by atoms with E-state index in [1.165, 1.54) is 0 Å². The van der Waals surface area contributed by atoms with Crippen molar-refractivity contribution < 1.29 is 14.9 Å². The van der Waals surface area contributed by atoms with E-state index >= 15 is 0 Å². The first-order chi connectivity index (χ1) is 13.1. The Hall–Kier alpha value is -2.64. The Kier molecular flexibility index (Phi) is 6.26. The van der Waals surface area contributed by atoms with Crippen LogP contribution in [-0.2, 0) is 12.8 Å². The smallest absolute Gasteiger partial charge is 0.307 e. The topological polar surface area (TPSA) is 95.4 Å². The maximum absolute atomic E-state index is 11.2. The zero-order valence-electron chi connectivity index (χ0n) is 15.0. The Balaban J connectivity index is 1.60. The third-order valence-corrected chi connectivity index (χ3v) is 5.21. The fourth-order valence-electron chi connectivity index (χ4n) is 2.68. The van der Waals surface area contributed by atoms with Crippen LogP contribution in [0.15, 0.2) is 47.4 Å². The number of aromatic amines is 1. The summed E-state index contributed by atoms with van der Waals surface area (Å²) in [7, 11) is 0. The van der Waals surface area contributed by atoms with Crippen LogP contribution in [0.2, 0.25) is 0 Å². The molecule has 1 unspecified atom stereocenters. The molecule has 0 spiro atoms. The Bertz CT molecular complexity index is 916. The van der Waals surface area contributed by atoms with E-state index in [-0.39, 0.29) is 23.3 Å². The number of aromatic hydroxyl groups is 1. The Morgan fingerprint density at radius 2 is 1.93 bits per heavy atom. The van der Waals surface area contributed by atoms with E-state index in [0.717, 1.165) is 34.6 Å². The Morgan fingerprint density at radius 3 is 2.48 bits per heavy atom. The molecule has 0 radical (unpaired) electrons. The number of rotatable bonds is 8. The molecule has 0 aliphatic carbocycles. The van der Waals surface area contributed by atoms with Gasteiger partial charge >= 0.3 is 4.87 Å². The number of pyridine rings is 1. The summed E-state index contributed by atoms with van der Waals surface area (Å²) in [6, 6.07) is 11.4. The highest BCUT2D eigenvalue weighted by molar-refractivity contribution is 7.09. The van der Waals surface area contributed by atoms with E-state index < -0.39 is 0 Å². The van der Waals surface area contributed by atoms with Crippen LogP contribution in [0.25, 0.3) is 0 Å². The minimum atomic E-state index is -0.266. The molecule has 3 rings (SSSR count). The molecule has 0 bridgehead atoms. The van der Waals surface area contributed by atoms with Crippen LogP contribution in [0, 0.1) is 0 Å². The van der Waals surface area contributed by atoms with Crippen LogP contribution in [0.1, 0.15) is 34.5 Å². The minimum absolute atomic E-state index is 0.0394. The standard InChI is InChI=1S/C20H22N2O4S/c1-2-13-5-8-17(21-10-13)15(11-23)12-26-16-6-3-14(4-7-16)9-18-19(24)22-20(25)27-18/h3-8,10,15,23-24H,2,9,11-12H2,1H3,(H,22,25). The van der Waals surface area contributed by atoms with E-state index in [4.69, 9.17) is 4.74 Å². The average molecular weight is 386 g/mol. The summed E-state index contributed by atoms with van der Waals surface area (Å²) in [5.41, 5.74) is 2.93. The van der Waals surface area contributed by atoms with Crippen LogP contribution in [0.4, 0.5) is 0 Å². The molecule has 0 amide bonds. The van der Waals surface area contributed by atoms with Crippen molar-refractivity contribution in [2.75, 3.05) is 13.2 Å². The quantitative estimate of drug-likeness (QED) is 0.553. The van der Waals surface area contributed by atoms with Crippen LogP contribution < -0.4 is 9.61 Å². The summed E-state index contributed by atoms with van der Waals surface area (Å²) in [6.45, 7) is 2.36. The SMILES string of the molecule is CCc1ccc(C(CO)COc2ccc(Cc3sc(=O)[nH]c3O)cc2)nc1. The predicted molar refractivity (Wildman–Crippen MR) is 105 cm³/mol. The molecule has 0 aliphatic heterocycles. The molecular formula is C20H22N2O4S. The lowest BCUT2D eigenvalue weighted by Crippen LogP contribution is -2.15. The highest BCUT2D eigenvalue weighted by Gasteiger charge is 2.13. The van der Waals surface area contributed by atoms with Crippen LogP contribution in [0.3, 0.4) is 0 Å². The van der Waals surface area contributed by atoms with Gasteiger partial charge in [0.1, 0.15) is 5.75 Å². The summed E-state index contributed by atoms with van der Waals surface area (Å²) in [4.78, 5) is 18.4. The maximum atomic E-state index is 11.2. The highest BCUT2D eigenvalue weighted by atomic mass is 32.1. The van der Waals surface area contributed by atoms with Crippen LogP contribution in [0.5, 0.6) is 11.6 Å². The number of hydrogen-bond acceptors (Lipinski definition) is 6. The van der Waals surface area contributed by atoms with Crippen molar-refractivity contribution in [1.82, 2.24) is 9.97 Å². The number of thiazole rings is 1. The van der Waals surface area contributed by atoms with Gasteiger partial charge in [0.25, 0.3) is 0 Å². The van der Waals surface area contributed by atoms with Crippen molar-refractivity contribution >= 4 is 11.3 Å². The van der Waals surface area contributed by atoms with Crippen LogP contribution >= 0.6 is 11.3 Å². The normalized spacial score (nSPS) is 12.1. The molecule has 1 atom stereocenters. The van der Waals surface area contributed by atoms with Gasteiger partial charge in [-0.05, 0) is 35.7 Å². The van der Waals surface area contributed by atoms with Gasteiger partial charge in [-0.15, -0.1) is 0 Å². The zero-order valence-corrected chi connectivity index (χ0v) is 15.8. The molecule has 0 fully saturated rings. The van der Waals surface area contributed by atoms with Gasteiger partial charge in [0, 0.05) is 18.3 Å².